The highest BCUT2D eigenvalue weighted by Gasteiger charge is 2.34. The van der Waals surface area contributed by atoms with Gasteiger partial charge in [-0.15, -0.1) is 0 Å². The molecule has 4 rings (SSSR count). The van der Waals surface area contributed by atoms with E-state index in [1.807, 2.05) is 36.7 Å². The van der Waals surface area contributed by atoms with E-state index in [0.29, 0.717) is 23.9 Å². The number of ether oxygens (including phenoxy) is 1. The van der Waals surface area contributed by atoms with E-state index in [4.69, 9.17) is 21.4 Å². The van der Waals surface area contributed by atoms with Crippen LogP contribution in [0.1, 0.15) is 38.9 Å². The molecule has 30 heavy (non-hydrogen) atoms. The quantitative estimate of drug-likeness (QED) is 0.550. The summed E-state index contributed by atoms with van der Waals surface area (Å²) in [6, 6.07) is 12.4. The molecule has 3 aromatic rings. The molecular weight excluding hydrogens is 422 g/mol. The van der Waals surface area contributed by atoms with E-state index in [1.54, 1.807) is 28.6 Å². The molecule has 0 spiro atoms. The number of sulfonamides is 1. The lowest BCUT2D eigenvalue weighted by atomic mass is 10.2. The average molecular weight is 448 g/mol. The predicted octanol–water partition coefficient (Wildman–Crippen LogP) is 4.68. The van der Waals surface area contributed by atoms with Crippen molar-refractivity contribution in [2.75, 3.05) is 13.1 Å². The van der Waals surface area contributed by atoms with Crippen LogP contribution in [0.3, 0.4) is 0 Å². The maximum atomic E-state index is 13.2. The first-order chi connectivity index (χ1) is 14.3. The molecule has 160 valence electrons. The number of hydrogen-bond acceptors (Lipinski definition) is 4. The molecule has 6 nitrogen and oxygen atoms in total. The SMILES string of the molecule is CCc1nn([C@H]2CCN(S(=O)(=O)c3ccc(OC(C)C)cc3)C2)c2ccc(Cl)cc12. The summed E-state index contributed by atoms with van der Waals surface area (Å²) in [6.07, 6.45) is 1.55. The lowest BCUT2D eigenvalue weighted by Crippen LogP contribution is -2.29. The summed E-state index contributed by atoms with van der Waals surface area (Å²) < 4.78 is 35.4. The van der Waals surface area contributed by atoms with Crippen molar-refractivity contribution in [3.8, 4) is 5.75 Å². The van der Waals surface area contributed by atoms with Crippen LogP contribution < -0.4 is 4.74 Å². The predicted molar refractivity (Wildman–Crippen MR) is 119 cm³/mol. The van der Waals surface area contributed by atoms with Gasteiger partial charge in [0.25, 0.3) is 0 Å². The van der Waals surface area contributed by atoms with Crippen LogP contribution in [0.4, 0.5) is 0 Å². The number of aromatic nitrogens is 2. The fraction of sp³-hybridized carbons (Fsp3) is 0.409. The Kier molecular flexibility index (Phi) is 5.79. The van der Waals surface area contributed by atoms with Crippen LogP contribution in [-0.2, 0) is 16.4 Å². The van der Waals surface area contributed by atoms with Gasteiger partial charge in [-0.2, -0.15) is 9.40 Å². The van der Waals surface area contributed by atoms with Crippen LogP contribution in [0.25, 0.3) is 10.9 Å². The molecule has 1 aliphatic rings. The maximum Gasteiger partial charge on any atom is 0.243 e. The maximum absolute atomic E-state index is 13.2. The summed E-state index contributed by atoms with van der Waals surface area (Å²) in [5, 5.41) is 6.49. The summed E-state index contributed by atoms with van der Waals surface area (Å²) in [7, 11) is -3.57. The van der Waals surface area contributed by atoms with Crippen LogP contribution in [0, 0.1) is 0 Å². The fourth-order valence-electron chi connectivity index (χ4n) is 3.96. The minimum atomic E-state index is -3.57. The molecule has 2 heterocycles. The van der Waals surface area contributed by atoms with Crippen LogP contribution in [-0.4, -0.2) is 41.7 Å². The largest absolute Gasteiger partial charge is 0.491 e. The van der Waals surface area contributed by atoms with Gasteiger partial charge in [0.1, 0.15) is 5.75 Å². The number of hydrogen-bond donors (Lipinski definition) is 0. The van der Waals surface area contributed by atoms with Crippen molar-refractivity contribution in [3.05, 3.63) is 53.2 Å². The van der Waals surface area contributed by atoms with Crippen LogP contribution >= 0.6 is 11.6 Å². The zero-order chi connectivity index (χ0) is 21.5. The van der Waals surface area contributed by atoms with Crippen LogP contribution in [0.2, 0.25) is 5.02 Å². The van der Waals surface area contributed by atoms with Gasteiger partial charge in [0.05, 0.1) is 28.3 Å². The van der Waals surface area contributed by atoms with Crippen molar-refractivity contribution < 1.29 is 13.2 Å². The first-order valence-electron chi connectivity index (χ1n) is 10.2. The Morgan fingerprint density at radius 2 is 1.93 bits per heavy atom. The third-order valence-corrected chi connectivity index (χ3v) is 7.50. The Morgan fingerprint density at radius 3 is 2.60 bits per heavy atom. The standard InChI is InChI=1S/C22H26ClN3O3S/c1-4-21-20-13-16(23)5-10-22(20)26(24-21)17-11-12-25(14-17)30(27,28)19-8-6-18(7-9-19)29-15(2)3/h5-10,13,15,17H,4,11-12,14H2,1-3H3/t17-/m0/s1. The summed E-state index contributed by atoms with van der Waals surface area (Å²) in [4.78, 5) is 0.283. The third kappa shape index (κ3) is 3.94. The van der Waals surface area contributed by atoms with E-state index in [-0.39, 0.29) is 17.0 Å². The van der Waals surface area contributed by atoms with Crippen molar-refractivity contribution in [2.45, 2.75) is 50.7 Å². The second-order valence-corrected chi connectivity index (χ2v) is 10.2. The third-order valence-electron chi connectivity index (χ3n) is 5.38. The van der Waals surface area contributed by atoms with E-state index in [2.05, 4.69) is 6.92 Å². The molecule has 1 aromatic heterocycles. The normalized spacial score (nSPS) is 17.8. The highest BCUT2D eigenvalue weighted by molar-refractivity contribution is 7.89. The van der Waals surface area contributed by atoms with Crippen molar-refractivity contribution in [3.63, 3.8) is 0 Å². The summed E-state index contributed by atoms with van der Waals surface area (Å²) in [5.41, 5.74) is 1.98. The molecule has 1 saturated heterocycles. The van der Waals surface area contributed by atoms with E-state index in [9.17, 15) is 8.42 Å². The van der Waals surface area contributed by atoms with E-state index in [1.165, 1.54) is 0 Å². The molecule has 0 unspecified atom stereocenters. The Hall–Kier alpha value is -2.09. The van der Waals surface area contributed by atoms with Crippen LogP contribution in [0.5, 0.6) is 5.75 Å². The summed E-state index contributed by atoms with van der Waals surface area (Å²) >= 11 is 6.17. The molecule has 0 N–H and O–H groups in total. The smallest absolute Gasteiger partial charge is 0.243 e. The van der Waals surface area contributed by atoms with Gasteiger partial charge in [0.15, 0.2) is 0 Å². The average Bonchev–Trinajstić information content (AvgIpc) is 3.32. The Bertz CT molecular complexity index is 1160. The molecule has 0 bridgehead atoms. The van der Waals surface area contributed by atoms with E-state index >= 15 is 0 Å². The second kappa shape index (κ2) is 8.21. The van der Waals surface area contributed by atoms with Gasteiger partial charge >= 0.3 is 0 Å². The number of benzene rings is 2. The van der Waals surface area contributed by atoms with Gasteiger partial charge in [0.2, 0.25) is 10.0 Å². The first-order valence-corrected chi connectivity index (χ1v) is 12.0. The Morgan fingerprint density at radius 1 is 1.20 bits per heavy atom. The molecule has 1 fully saturated rings. The van der Waals surface area contributed by atoms with Gasteiger partial charge < -0.3 is 4.74 Å². The molecular formula is C22H26ClN3O3S. The highest BCUT2D eigenvalue weighted by atomic mass is 35.5. The number of aryl methyl sites for hydroxylation is 1. The zero-order valence-corrected chi connectivity index (χ0v) is 18.9. The van der Waals surface area contributed by atoms with Gasteiger partial charge in [-0.1, -0.05) is 18.5 Å². The highest BCUT2D eigenvalue weighted by Crippen LogP contribution is 2.32. The van der Waals surface area contributed by atoms with Crippen molar-refractivity contribution in [2.24, 2.45) is 0 Å². The molecule has 1 aliphatic heterocycles. The van der Waals surface area contributed by atoms with Gasteiger partial charge in [-0.05, 0) is 69.2 Å². The fourth-order valence-corrected chi connectivity index (χ4v) is 5.62. The molecule has 8 heteroatoms. The number of fused-ring (bicyclic) bond motifs is 1. The molecule has 2 aromatic carbocycles. The van der Waals surface area contributed by atoms with E-state index < -0.39 is 10.0 Å². The summed E-state index contributed by atoms with van der Waals surface area (Å²) in [5.74, 6) is 0.664. The second-order valence-electron chi connectivity index (χ2n) is 7.85. The topological polar surface area (TPSA) is 64.4 Å². The minimum absolute atomic E-state index is 0.00713. The van der Waals surface area contributed by atoms with Gasteiger partial charge in [0, 0.05) is 23.5 Å². The summed E-state index contributed by atoms with van der Waals surface area (Å²) in [6.45, 7) is 6.80. The van der Waals surface area contributed by atoms with Crippen molar-refractivity contribution >= 4 is 32.5 Å². The Balaban J connectivity index is 1.58. The molecule has 0 radical (unpaired) electrons. The molecule has 0 amide bonds. The van der Waals surface area contributed by atoms with Crippen molar-refractivity contribution in [1.29, 1.82) is 0 Å². The molecule has 1 atom stereocenters. The lowest BCUT2D eigenvalue weighted by molar-refractivity contribution is 0.242. The van der Waals surface area contributed by atoms with E-state index in [0.717, 1.165) is 29.4 Å². The van der Waals surface area contributed by atoms with Crippen molar-refractivity contribution in [1.82, 2.24) is 14.1 Å². The number of nitrogens with zero attached hydrogens (tertiary/aromatic N) is 3. The van der Waals surface area contributed by atoms with Crippen LogP contribution in [0.15, 0.2) is 47.4 Å². The monoisotopic (exact) mass is 447 g/mol. The number of rotatable bonds is 6. The number of halogens is 1. The van der Waals surface area contributed by atoms with Gasteiger partial charge in [-0.25, -0.2) is 8.42 Å². The first kappa shape index (κ1) is 21.2. The molecule has 0 aliphatic carbocycles. The Labute approximate surface area is 182 Å². The van der Waals surface area contributed by atoms with Gasteiger partial charge in [-0.3, -0.25) is 4.68 Å². The zero-order valence-electron chi connectivity index (χ0n) is 17.4. The molecule has 0 saturated carbocycles. The lowest BCUT2D eigenvalue weighted by Gasteiger charge is -2.18. The minimum Gasteiger partial charge on any atom is -0.491 e.